The van der Waals surface area contributed by atoms with Crippen molar-refractivity contribution < 1.29 is 0 Å². The largest absolute Gasteiger partial charge is 0.315 e. The van der Waals surface area contributed by atoms with E-state index in [-0.39, 0.29) is 0 Å². The zero-order valence-corrected chi connectivity index (χ0v) is 11.8. The molecule has 1 aliphatic heterocycles. The van der Waals surface area contributed by atoms with Gasteiger partial charge in [-0.05, 0) is 39.9 Å². The molecule has 1 fully saturated rings. The minimum atomic E-state index is 0.626. The smallest absolute Gasteiger partial charge is 0.234 e. The van der Waals surface area contributed by atoms with Crippen molar-refractivity contribution in [3.8, 4) is 0 Å². The zero-order chi connectivity index (χ0) is 13.4. The number of aryl methyl sites for hydroxylation is 2. The summed E-state index contributed by atoms with van der Waals surface area (Å²) in [5.74, 6) is 0.811. The van der Waals surface area contributed by atoms with Crippen LogP contribution >= 0.6 is 0 Å². The lowest BCUT2D eigenvalue weighted by molar-refractivity contribution is 0.246. The van der Waals surface area contributed by atoms with Crippen LogP contribution in [-0.2, 0) is 6.54 Å². The number of imidazole rings is 1. The Labute approximate surface area is 113 Å². The Morgan fingerprint density at radius 2 is 2.26 bits per heavy atom. The third kappa shape index (κ3) is 2.48. The van der Waals surface area contributed by atoms with Gasteiger partial charge in [0.05, 0.1) is 5.69 Å². The van der Waals surface area contributed by atoms with E-state index in [4.69, 9.17) is 0 Å². The average molecular weight is 259 g/mol. The first-order valence-corrected chi connectivity index (χ1v) is 6.86. The topological polar surface area (TPSA) is 45.5 Å². The molecule has 3 heterocycles. The van der Waals surface area contributed by atoms with Gasteiger partial charge in [-0.25, -0.2) is 9.97 Å². The normalized spacial score (nSPS) is 19.7. The molecule has 0 radical (unpaired) electrons. The highest BCUT2D eigenvalue weighted by Gasteiger charge is 2.20. The predicted molar refractivity (Wildman–Crippen MR) is 75.2 cm³/mol. The van der Waals surface area contributed by atoms with Crippen LogP contribution in [0.15, 0.2) is 12.3 Å². The molecule has 1 N–H and O–H groups in total. The van der Waals surface area contributed by atoms with Crippen molar-refractivity contribution in [2.24, 2.45) is 0 Å². The van der Waals surface area contributed by atoms with Crippen LogP contribution in [0.4, 0.5) is 0 Å². The van der Waals surface area contributed by atoms with Crippen LogP contribution in [0, 0.1) is 13.8 Å². The molecule has 0 bridgehead atoms. The number of aromatic nitrogens is 3. The van der Waals surface area contributed by atoms with E-state index in [0.717, 1.165) is 36.8 Å². The Morgan fingerprint density at radius 3 is 3.00 bits per heavy atom. The summed E-state index contributed by atoms with van der Waals surface area (Å²) in [5, 5.41) is 3.40. The lowest BCUT2D eigenvalue weighted by Crippen LogP contribution is -2.32. The first kappa shape index (κ1) is 12.6. The van der Waals surface area contributed by atoms with Gasteiger partial charge in [-0.1, -0.05) is 0 Å². The fraction of sp³-hybridized carbons (Fsp3) is 0.571. The molecule has 5 heteroatoms. The number of nitrogens with one attached hydrogen (secondary N) is 1. The Kier molecular flexibility index (Phi) is 3.24. The number of likely N-dealkylation sites (N-methyl/N-ethyl adjacent to an activating group) is 1. The van der Waals surface area contributed by atoms with Crippen molar-refractivity contribution in [2.75, 3.05) is 20.1 Å². The van der Waals surface area contributed by atoms with Crippen LogP contribution in [0.3, 0.4) is 0 Å². The molecule has 2 aromatic rings. The summed E-state index contributed by atoms with van der Waals surface area (Å²) in [4.78, 5) is 11.5. The molecule has 5 nitrogen and oxygen atoms in total. The van der Waals surface area contributed by atoms with Crippen LogP contribution in [0.5, 0.6) is 0 Å². The second-order valence-corrected chi connectivity index (χ2v) is 5.50. The maximum atomic E-state index is 4.64. The quantitative estimate of drug-likeness (QED) is 0.898. The van der Waals surface area contributed by atoms with E-state index in [1.807, 2.05) is 6.92 Å². The lowest BCUT2D eigenvalue weighted by atomic mass is 10.2. The fourth-order valence-corrected chi connectivity index (χ4v) is 2.79. The third-order valence-electron chi connectivity index (χ3n) is 3.88. The van der Waals surface area contributed by atoms with Crippen molar-refractivity contribution in [3.63, 3.8) is 0 Å². The SMILES string of the molecule is Cc1cc(C)n2cc(CN(C)C3CCNC3)nc2n1. The van der Waals surface area contributed by atoms with E-state index >= 15 is 0 Å². The van der Waals surface area contributed by atoms with Crippen LogP contribution in [-0.4, -0.2) is 45.4 Å². The van der Waals surface area contributed by atoms with Crippen LogP contribution in [0.2, 0.25) is 0 Å². The Balaban J connectivity index is 1.83. The number of hydrogen-bond donors (Lipinski definition) is 1. The molecule has 1 saturated heterocycles. The van der Waals surface area contributed by atoms with Gasteiger partial charge in [-0.3, -0.25) is 9.30 Å². The Hall–Kier alpha value is -1.46. The van der Waals surface area contributed by atoms with Crippen molar-refractivity contribution in [3.05, 3.63) is 29.3 Å². The molecule has 3 rings (SSSR count). The molecule has 0 spiro atoms. The van der Waals surface area contributed by atoms with Gasteiger partial charge >= 0.3 is 0 Å². The monoisotopic (exact) mass is 259 g/mol. The molecule has 1 atom stereocenters. The second kappa shape index (κ2) is 4.90. The summed E-state index contributed by atoms with van der Waals surface area (Å²) < 4.78 is 2.07. The molecule has 2 aromatic heterocycles. The molecule has 0 aliphatic carbocycles. The van der Waals surface area contributed by atoms with Crippen LogP contribution in [0.25, 0.3) is 5.78 Å². The lowest BCUT2D eigenvalue weighted by Gasteiger charge is -2.22. The van der Waals surface area contributed by atoms with Gasteiger partial charge in [-0.15, -0.1) is 0 Å². The van der Waals surface area contributed by atoms with E-state index < -0.39 is 0 Å². The summed E-state index contributed by atoms with van der Waals surface area (Å²) in [6.45, 7) is 7.20. The summed E-state index contributed by atoms with van der Waals surface area (Å²) in [7, 11) is 2.17. The van der Waals surface area contributed by atoms with E-state index in [1.54, 1.807) is 0 Å². The highest BCUT2D eigenvalue weighted by Crippen LogP contribution is 2.13. The van der Waals surface area contributed by atoms with E-state index in [1.165, 1.54) is 12.1 Å². The van der Waals surface area contributed by atoms with Gasteiger partial charge in [0.2, 0.25) is 5.78 Å². The standard InChI is InChI=1S/C14H21N5/c1-10-6-11(2)19-9-12(17-14(19)16-10)8-18(3)13-4-5-15-7-13/h6,9,13,15H,4-5,7-8H2,1-3H3. The van der Waals surface area contributed by atoms with Crippen LogP contribution < -0.4 is 5.32 Å². The van der Waals surface area contributed by atoms with Gasteiger partial charge in [0.25, 0.3) is 0 Å². The fourth-order valence-electron chi connectivity index (χ4n) is 2.79. The minimum absolute atomic E-state index is 0.626. The number of fused-ring (bicyclic) bond motifs is 1. The average Bonchev–Trinajstić information content (AvgIpc) is 2.96. The van der Waals surface area contributed by atoms with Crippen LogP contribution in [0.1, 0.15) is 23.5 Å². The maximum absolute atomic E-state index is 4.64. The molecular weight excluding hydrogens is 238 g/mol. The predicted octanol–water partition coefficient (Wildman–Crippen LogP) is 1.14. The van der Waals surface area contributed by atoms with Crippen molar-refractivity contribution in [1.29, 1.82) is 0 Å². The molecular formula is C14H21N5. The first-order valence-electron chi connectivity index (χ1n) is 6.86. The molecule has 1 aliphatic rings. The van der Waals surface area contributed by atoms with E-state index in [2.05, 4.69) is 50.8 Å². The molecule has 0 aromatic carbocycles. The zero-order valence-electron chi connectivity index (χ0n) is 11.8. The second-order valence-electron chi connectivity index (χ2n) is 5.50. The molecule has 0 saturated carbocycles. The Morgan fingerprint density at radius 1 is 1.42 bits per heavy atom. The molecule has 19 heavy (non-hydrogen) atoms. The van der Waals surface area contributed by atoms with Gasteiger partial charge in [-0.2, -0.15) is 0 Å². The van der Waals surface area contributed by atoms with E-state index in [0.29, 0.717) is 6.04 Å². The van der Waals surface area contributed by atoms with Gasteiger partial charge in [0.1, 0.15) is 0 Å². The third-order valence-corrected chi connectivity index (χ3v) is 3.88. The molecule has 0 amide bonds. The summed E-state index contributed by atoms with van der Waals surface area (Å²) >= 11 is 0. The number of hydrogen-bond acceptors (Lipinski definition) is 4. The maximum Gasteiger partial charge on any atom is 0.234 e. The molecule has 102 valence electrons. The number of nitrogens with zero attached hydrogens (tertiary/aromatic N) is 4. The summed E-state index contributed by atoms with van der Waals surface area (Å²) in [6, 6.07) is 2.71. The van der Waals surface area contributed by atoms with E-state index in [9.17, 15) is 0 Å². The minimum Gasteiger partial charge on any atom is -0.315 e. The summed E-state index contributed by atoms with van der Waals surface area (Å²) in [6.07, 6.45) is 3.33. The Bertz CT molecular complexity index is 583. The number of rotatable bonds is 3. The first-order chi connectivity index (χ1) is 9.13. The summed E-state index contributed by atoms with van der Waals surface area (Å²) in [5.41, 5.74) is 3.30. The highest BCUT2D eigenvalue weighted by atomic mass is 15.2. The van der Waals surface area contributed by atoms with Crippen molar-refractivity contribution in [2.45, 2.75) is 32.9 Å². The highest BCUT2D eigenvalue weighted by molar-refractivity contribution is 5.34. The van der Waals surface area contributed by atoms with Crippen molar-refractivity contribution >= 4 is 5.78 Å². The molecule has 1 unspecified atom stereocenters. The van der Waals surface area contributed by atoms with Crippen molar-refractivity contribution in [1.82, 2.24) is 24.6 Å². The van der Waals surface area contributed by atoms with Gasteiger partial charge in [0.15, 0.2) is 0 Å². The van der Waals surface area contributed by atoms with Gasteiger partial charge < -0.3 is 5.32 Å². The van der Waals surface area contributed by atoms with Gasteiger partial charge in [0, 0.05) is 36.7 Å².